The van der Waals surface area contributed by atoms with Crippen LogP contribution < -0.4 is 15.4 Å². The summed E-state index contributed by atoms with van der Waals surface area (Å²) in [5.41, 5.74) is 0.848. The molecule has 0 bridgehead atoms. The number of nitrogens with zero attached hydrogens (tertiary/aromatic N) is 1. The van der Waals surface area contributed by atoms with Crippen LogP contribution in [0.4, 0.5) is 0 Å². The summed E-state index contributed by atoms with van der Waals surface area (Å²) in [5.74, 6) is 1.70. The first-order chi connectivity index (χ1) is 13.5. The topological polar surface area (TPSA) is 64.1 Å². The van der Waals surface area contributed by atoms with E-state index < -0.39 is 0 Å². The lowest BCUT2D eigenvalue weighted by molar-refractivity contribution is 0.0168. The Hall–Kier alpha value is -1.06. The SMILES string of the molecule is CCNC(=NCc1ccccc1OC(C)(C)C)NCCCOCC1CCCO1.I. The molecule has 0 aliphatic carbocycles. The van der Waals surface area contributed by atoms with Gasteiger partial charge in [0.2, 0.25) is 0 Å². The summed E-state index contributed by atoms with van der Waals surface area (Å²) < 4.78 is 17.3. The standard InChI is InChI=1S/C22H37N3O3.HI/c1-5-23-21(24-13-9-14-26-17-19-11-8-15-27-19)25-16-18-10-6-7-12-20(18)28-22(2,3)4;/h6-7,10,12,19H,5,8-9,11,13-17H2,1-4H3,(H2,23,24,25);1H. The predicted octanol–water partition coefficient (Wildman–Crippen LogP) is 4.12. The molecule has 7 heteroatoms. The van der Waals surface area contributed by atoms with Gasteiger partial charge in [-0.15, -0.1) is 24.0 Å². The maximum atomic E-state index is 6.06. The van der Waals surface area contributed by atoms with Gasteiger partial charge in [-0.25, -0.2) is 4.99 Å². The highest BCUT2D eigenvalue weighted by molar-refractivity contribution is 14.0. The second-order valence-electron chi connectivity index (χ2n) is 8.01. The molecule has 0 saturated carbocycles. The summed E-state index contributed by atoms with van der Waals surface area (Å²) in [6.07, 6.45) is 3.50. The first kappa shape index (κ1) is 26.0. The first-order valence-corrected chi connectivity index (χ1v) is 10.5. The van der Waals surface area contributed by atoms with Crippen LogP contribution in [0.15, 0.2) is 29.3 Å². The van der Waals surface area contributed by atoms with Gasteiger partial charge in [0, 0.05) is 31.9 Å². The average molecular weight is 519 g/mol. The summed E-state index contributed by atoms with van der Waals surface area (Å²) >= 11 is 0. The van der Waals surface area contributed by atoms with Crippen LogP contribution in [-0.2, 0) is 16.0 Å². The highest BCUT2D eigenvalue weighted by Gasteiger charge is 2.15. The van der Waals surface area contributed by atoms with Crippen LogP contribution in [-0.4, -0.2) is 50.6 Å². The van der Waals surface area contributed by atoms with Crippen LogP contribution in [0.3, 0.4) is 0 Å². The van der Waals surface area contributed by atoms with Crippen molar-refractivity contribution < 1.29 is 14.2 Å². The second kappa shape index (κ2) is 14.0. The molecule has 6 nitrogen and oxygen atoms in total. The molecule has 1 aliphatic rings. The van der Waals surface area contributed by atoms with Crippen molar-refractivity contribution >= 4 is 29.9 Å². The normalized spacial score (nSPS) is 17.0. The van der Waals surface area contributed by atoms with Crippen LogP contribution in [0.5, 0.6) is 5.75 Å². The van der Waals surface area contributed by atoms with Crippen molar-refractivity contribution in [3.05, 3.63) is 29.8 Å². The van der Waals surface area contributed by atoms with Gasteiger partial charge in [-0.05, 0) is 53.0 Å². The van der Waals surface area contributed by atoms with Crippen LogP contribution >= 0.6 is 24.0 Å². The van der Waals surface area contributed by atoms with E-state index >= 15 is 0 Å². The van der Waals surface area contributed by atoms with E-state index in [4.69, 9.17) is 19.2 Å². The Morgan fingerprint density at radius 2 is 2.03 bits per heavy atom. The van der Waals surface area contributed by atoms with Gasteiger partial charge in [0.25, 0.3) is 0 Å². The summed E-state index contributed by atoms with van der Waals surface area (Å²) in [6, 6.07) is 8.08. The molecule has 1 atom stereocenters. The van der Waals surface area contributed by atoms with Gasteiger partial charge >= 0.3 is 0 Å². The molecule has 2 N–H and O–H groups in total. The van der Waals surface area contributed by atoms with Gasteiger partial charge in [0.15, 0.2) is 5.96 Å². The third-order valence-electron chi connectivity index (χ3n) is 4.23. The average Bonchev–Trinajstić information content (AvgIpc) is 3.15. The maximum Gasteiger partial charge on any atom is 0.191 e. The molecule has 1 heterocycles. The molecule has 1 aromatic rings. The highest BCUT2D eigenvalue weighted by atomic mass is 127. The van der Waals surface area contributed by atoms with E-state index in [1.807, 2.05) is 18.2 Å². The van der Waals surface area contributed by atoms with E-state index in [1.54, 1.807) is 0 Å². The Balaban J connectivity index is 0.00000420. The van der Waals surface area contributed by atoms with Gasteiger partial charge in [-0.1, -0.05) is 18.2 Å². The molecular weight excluding hydrogens is 481 g/mol. The lowest BCUT2D eigenvalue weighted by Gasteiger charge is -2.23. The molecule has 1 fully saturated rings. The third kappa shape index (κ3) is 11.1. The summed E-state index contributed by atoms with van der Waals surface area (Å²) in [6.45, 7) is 12.8. The smallest absolute Gasteiger partial charge is 0.191 e. The zero-order chi connectivity index (χ0) is 20.2. The fourth-order valence-electron chi connectivity index (χ4n) is 2.94. The fourth-order valence-corrected chi connectivity index (χ4v) is 2.94. The van der Waals surface area contributed by atoms with E-state index in [0.29, 0.717) is 19.3 Å². The molecule has 2 rings (SSSR count). The maximum absolute atomic E-state index is 6.06. The van der Waals surface area contributed by atoms with Crippen LogP contribution in [0, 0.1) is 0 Å². The van der Waals surface area contributed by atoms with Crippen LogP contribution in [0.2, 0.25) is 0 Å². The number of ether oxygens (including phenoxy) is 3. The number of benzene rings is 1. The Morgan fingerprint density at radius 1 is 1.24 bits per heavy atom. The molecule has 1 unspecified atom stereocenters. The minimum Gasteiger partial charge on any atom is -0.488 e. The van der Waals surface area contributed by atoms with E-state index in [9.17, 15) is 0 Å². The van der Waals surface area contributed by atoms with Crippen molar-refractivity contribution in [3.8, 4) is 5.75 Å². The number of halogens is 1. The van der Waals surface area contributed by atoms with Crippen molar-refractivity contribution in [3.63, 3.8) is 0 Å². The van der Waals surface area contributed by atoms with Gasteiger partial charge in [0.05, 0.1) is 19.3 Å². The molecule has 29 heavy (non-hydrogen) atoms. The number of nitrogens with one attached hydrogen (secondary N) is 2. The zero-order valence-corrected chi connectivity index (χ0v) is 20.7. The molecule has 0 aromatic heterocycles. The summed E-state index contributed by atoms with van der Waals surface area (Å²) in [5, 5.41) is 6.67. The monoisotopic (exact) mass is 519 g/mol. The lowest BCUT2D eigenvalue weighted by atomic mass is 10.1. The van der Waals surface area contributed by atoms with Gasteiger partial charge < -0.3 is 24.8 Å². The summed E-state index contributed by atoms with van der Waals surface area (Å²) in [4.78, 5) is 4.71. The highest BCUT2D eigenvalue weighted by Crippen LogP contribution is 2.23. The molecule has 1 aliphatic heterocycles. The minimum atomic E-state index is -0.230. The first-order valence-electron chi connectivity index (χ1n) is 10.5. The Morgan fingerprint density at radius 3 is 2.72 bits per heavy atom. The van der Waals surface area contributed by atoms with Crippen molar-refractivity contribution in [1.82, 2.24) is 10.6 Å². The van der Waals surface area contributed by atoms with E-state index in [1.165, 1.54) is 0 Å². The molecule has 1 saturated heterocycles. The van der Waals surface area contributed by atoms with Crippen molar-refractivity contribution in [2.24, 2.45) is 4.99 Å². The van der Waals surface area contributed by atoms with Crippen LogP contribution in [0.25, 0.3) is 0 Å². The van der Waals surface area contributed by atoms with Crippen molar-refractivity contribution in [1.29, 1.82) is 0 Å². The lowest BCUT2D eigenvalue weighted by Crippen LogP contribution is -2.38. The number of para-hydroxylation sites is 1. The summed E-state index contributed by atoms with van der Waals surface area (Å²) in [7, 11) is 0. The number of aliphatic imine (C=N–C) groups is 1. The van der Waals surface area contributed by atoms with Crippen molar-refractivity contribution in [2.75, 3.05) is 32.9 Å². The molecule has 0 amide bonds. The van der Waals surface area contributed by atoms with Gasteiger partial charge in [0.1, 0.15) is 11.4 Å². The van der Waals surface area contributed by atoms with E-state index in [0.717, 1.165) is 62.8 Å². The number of hydrogen-bond donors (Lipinski definition) is 2. The number of guanidine groups is 1. The molecule has 166 valence electrons. The number of hydrogen-bond acceptors (Lipinski definition) is 4. The third-order valence-corrected chi connectivity index (χ3v) is 4.23. The number of rotatable bonds is 10. The second-order valence-corrected chi connectivity index (χ2v) is 8.01. The predicted molar refractivity (Wildman–Crippen MR) is 129 cm³/mol. The Bertz CT molecular complexity index is 599. The van der Waals surface area contributed by atoms with E-state index in [2.05, 4.69) is 44.4 Å². The zero-order valence-electron chi connectivity index (χ0n) is 18.3. The van der Waals surface area contributed by atoms with E-state index in [-0.39, 0.29) is 29.6 Å². The van der Waals surface area contributed by atoms with Crippen LogP contribution in [0.1, 0.15) is 52.5 Å². The molecular formula is C22H38IN3O3. The van der Waals surface area contributed by atoms with Crippen molar-refractivity contribution in [2.45, 2.75) is 65.2 Å². The van der Waals surface area contributed by atoms with Gasteiger partial charge in [-0.2, -0.15) is 0 Å². The minimum absolute atomic E-state index is 0. The Kier molecular flexibility index (Phi) is 12.6. The molecule has 0 spiro atoms. The quantitative estimate of drug-likeness (QED) is 0.211. The fraction of sp³-hybridized carbons (Fsp3) is 0.682. The largest absolute Gasteiger partial charge is 0.488 e. The van der Waals surface area contributed by atoms with Gasteiger partial charge in [-0.3, -0.25) is 0 Å². The molecule has 0 radical (unpaired) electrons. The molecule has 1 aromatic carbocycles. The Labute approximate surface area is 193 Å².